The van der Waals surface area contributed by atoms with E-state index in [1.165, 1.54) is 25.6 Å². The van der Waals surface area contributed by atoms with Crippen molar-refractivity contribution in [2.45, 2.75) is 0 Å². The lowest BCUT2D eigenvalue weighted by atomic mass is 9.99. The van der Waals surface area contributed by atoms with Gasteiger partial charge in [-0.3, -0.25) is 4.79 Å². The second-order valence-corrected chi connectivity index (χ2v) is 5.29. The minimum absolute atomic E-state index is 0.0150. The van der Waals surface area contributed by atoms with Crippen LogP contribution in [0.3, 0.4) is 0 Å². The van der Waals surface area contributed by atoms with Crippen molar-refractivity contribution in [3.8, 4) is 11.1 Å². The fourth-order valence-electron chi connectivity index (χ4n) is 2.36. The third-order valence-electron chi connectivity index (χ3n) is 3.60. The molecule has 0 unspecified atom stereocenters. The van der Waals surface area contributed by atoms with Crippen molar-refractivity contribution in [2.24, 2.45) is 0 Å². The molecule has 7 heteroatoms. The van der Waals surface area contributed by atoms with Gasteiger partial charge in [0.1, 0.15) is 5.82 Å². The smallest absolute Gasteiger partial charge is 0.358 e. The highest BCUT2D eigenvalue weighted by atomic mass is 19.1. The first-order valence-electron chi connectivity index (χ1n) is 7.65. The molecule has 0 radical (unpaired) electrons. The van der Waals surface area contributed by atoms with E-state index in [1.54, 1.807) is 6.07 Å². The quantitative estimate of drug-likeness (QED) is 0.729. The van der Waals surface area contributed by atoms with Crippen LogP contribution in [0.1, 0.15) is 20.8 Å². The fourth-order valence-corrected chi connectivity index (χ4v) is 2.36. The highest BCUT2D eigenvalue weighted by Gasteiger charge is 2.15. The number of benzene rings is 2. The predicted molar refractivity (Wildman–Crippen MR) is 93.2 cm³/mol. The Labute approximate surface area is 148 Å². The molecule has 0 atom stereocenters. The van der Waals surface area contributed by atoms with Crippen molar-refractivity contribution >= 4 is 17.7 Å². The second kappa shape index (κ2) is 7.52. The lowest BCUT2D eigenvalue weighted by Gasteiger charge is -2.10. The van der Waals surface area contributed by atoms with Crippen LogP contribution in [0.2, 0.25) is 0 Å². The number of rotatable bonds is 4. The lowest BCUT2D eigenvalue weighted by Crippen LogP contribution is -2.15. The Kier molecular flexibility index (Phi) is 4.98. The number of methoxy groups -OCH3 is 1. The van der Waals surface area contributed by atoms with Gasteiger partial charge in [-0.15, -0.1) is 0 Å². The van der Waals surface area contributed by atoms with Crippen LogP contribution in [0.5, 0.6) is 0 Å². The minimum atomic E-state index is -0.633. The zero-order valence-corrected chi connectivity index (χ0v) is 13.8. The molecule has 2 aromatic carbocycles. The Hall–Kier alpha value is -3.61. The molecule has 0 bridgehead atoms. The first-order valence-corrected chi connectivity index (χ1v) is 7.65. The van der Waals surface area contributed by atoms with Gasteiger partial charge in [0.15, 0.2) is 11.5 Å². The summed E-state index contributed by atoms with van der Waals surface area (Å²) in [6, 6.07) is 13.2. The van der Waals surface area contributed by atoms with Gasteiger partial charge in [-0.1, -0.05) is 36.4 Å². The number of halogens is 1. The van der Waals surface area contributed by atoms with Gasteiger partial charge in [0.05, 0.1) is 25.1 Å². The van der Waals surface area contributed by atoms with Crippen molar-refractivity contribution in [3.05, 3.63) is 78.0 Å². The van der Waals surface area contributed by atoms with Gasteiger partial charge in [-0.05, 0) is 23.3 Å². The number of hydrogen-bond acceptors (Lipinski definition) is 5. The van der Waals surface area contributed by atoms with Gasteiger partial charge < -0.3 is 10.1 Å². The molecule has 0 aliphatic heterocycles. The predicted octanol–water partition coefficient (Wildman–Crippen LogP) is 3.32. The van der Waals surface area contributed by atoms with E-state index < -0.39 is 17.7 Å². The zero-order valence-electron chi connectivity index (χ0n) is 13.8. The molecule has 1 heterocycles. The number of nitrogens with one attached hydrogen (secondary N) is 1. The van der Waals surface area contributed by atoms with E-state index >= 15 is 0 Å². The molecule has 0 saturated carbocycles. The number of amides is 1. The Morgan fingerprint density at radius 1 is 1.04 bits per heavy atom. The number of hydrogen-bond donors (Lipinski definition) is 1. The molecule has 6 nitrogen and oxygen atoms in total. The molecule has 26 heavy (non-hydrogen) atoms. The summed E-state index contributed by atoms with van der Waals surface area (Å²) >= 11 is 0. The van der Waals surface area contributed by atoms with Crippen LogP contribution in [0.4, 0.5) is 10.2 Å². The molecule has 0 aliphatic carbocycles. The Morgan fingerprint density at radius 2 is 1.81 bits per heavy atom. The second-order valence-electron chi connectivity index (χ2n) is 5.29. The standard InChI is InChI=1S/C19H14FN3O3/c1-26-19(25)16-10-22-17(11-21-16)23-18(24)15-9-13(20)7-8-14(15)12-5-3-2-4-6-12/h2-11H,1H3,(H,22,23,24). The van der Waals surface area contributed by atoms with Crippen molar-refractivity contribution in [3.63, 3.8) is 0 Å². The monoisotopic (exact) mass is 351 g/mol. The normalized spacial score (nSPS) is 10.2. The van der Waals surface area contributed by atoms with Crippen LogP contribution in [-0.4, -0.2) is 29.0 Å². The molecular weight excluding hydrogens is 337 g/mol. The van der Waals surface area contributed by atoms with Crippen LogP contribution in [-0.2, 0) is 4.74 Å². The van der Waals surface area contributed by atoms with Crippen molar-refractivity contribution in [1.29, 1.82) is 0 Å². The van der Waals surface area contributed by atoms with E-state index in [1.807, 2.05) is 30.3 Å². The number of nitrogens with zero attached hydrogens (tertiary/aromatic N) is 2. The van der Waals surface area contributed by atoms with Crippen molar-refractivity contribution in [2.75, 3.05) is 12.4 Å². The number of anilines is 1. The summed E-state index contributed by atoms with van der Waals surface area (Å²) in [7, 11) is 1.23. The number of aromatic nitrogens is 2. The Bertz CT molecular complexity index is 944. The number of esters is 1. The maximum atomic E-state index is 13.7. The third-order valence-corrected chi connectivity index (χ3v) is 3.60. The minimum Gasteiger partial charge on any atom is -0.464 e. The molecule has 3 aromatic rings. The molecule has 1 amide bonds. The van der Waals surface area contributed by atoms with Gasteiger partial charge in [0.25, 0.3) is 5.91 Å². The maximum absolute atomic E-state index is 13.7. The SMILES string of the molecule is COC(=O)c1cnc(NC(=O)c2cc(F)ccc2-c2ccccc2)cn1. The topological polar surface area (TPSA) is 81.2 Å². The molecule has 130 valence electrons. The van der Waals surface area contributed by atoms with E-state index in [0.29, 0.717) is 5.56 Å². The van der Waals surface area contributed by atoms with Gasteiger partial charge in [0.2, 0.25) is 0 Å². The largest absolute Gasteiger partial charge is 0.464 e. The van der Waals surface area contributed by atoms with Crippen LogP contribution >= 0.6 is 0 Å². The molecule has 0 aliphatic rings. The summed E-state index contributed by atoms with van der Waals surface area (Å²) in [5.41, 5.74) is 1.55. The Morgan fingerprint density at radius 3 is 2.46 bits per heavy atom. The van der Waals surface area contributed by atoms with Crippen molar-refractivity contribution < 1.29 is 18.7 Å². The zero-order chi connectivity index (χ0) is 18.5. The summed E-state index contributed by atoms with van der Waals surface area (Å²) < 4.78 is 18.2. The van der Waals surface area contributed by atoms with Gasteiger partial charge in [-0.25, -0.2) is 19.2 Å². The van der Waals surface area contributed by atoms with E-state index in [9.17, 15) is 14.0 Å². The van der Waals surface area contributed by atoms with Gasteiger partial charge in [0, 0.05) is 0 Å². The number of ether oxygens (including phenoxy) is 1. The molecule has 1 N–H and O–H groups in total. The summed E-state index contributed by atoms with van der Waals surface area (Å²) in [6.07, 6.45) is 2.41. The highest BCUT2D eigenvalue weighted by molar-refractivity contribution is 6.08. The fraction of sp³-hybridized carbons (Fsp3) is 0.0526. The van der Waals surface area contributed by atoms with Crippen LogP contribution in [0.15, 0.2) is 60.9 Å². The first-order chi connectivity index (χ1) is 12.6. The number of carbonyl (C=O) groups excluding carboxylic acids is 2. The highest BCUT2D eigenvalue weighted by Crippen LogP contribution is 2.25. The molecule has 0 fully saturated rings. The maximum Gasteiger partial charge on any atom is 0.358 e. The third kappa shape index (κ3) is 3.72. The average Bonchev–Trinajstić information content (AvgIpc) is 2.68. The van der Waals surface area contributed by atoms with E-state index in [0.717, 1.165) is 11.6 Å². The summed E-state index contributed by atoms with van der Waals surface area (Å²) in [5, 5.41) is 2.55. The van der Waals surface area contributed by atoms with Crippen LogP contribution in [0, 0.1) is 5.82 Å². The molecule has 0 saturated heterocycles. The molecular formula is C19H14FN3O3. The van der Waals surface area contributed by atoms with Crippen molar-refractivity contribution in [1.82, 2.24) is 9.97 Å². The molecule has 1 aromatic heterocycles. The van der Waals surface area contributed by atoms with E-state index in [2.05, 4.69) is 20.0 Å². The summed E-state index contributed by atoms with van der Waals surface area (Å²) in [6.45, 7) is 0. The number of carbonyl (C=O) groups is 2. The molecule has 0 spiro atoms. The van der Waals surface area contributed by atoms with E-state index in [-0.39, 0.29) is 17.1 Å². The van der Waals surface area contributed by atoms with Crippen LogP contribution in [0.25, 0.3) is 11.1 Å². The summed E-state index contributed by atoms with van der Waals surface area (Å²) in [5.74, 6) is -1.57. The average molecular weight is 351 g/mol. The van der Waals surface area contributed by atoms with Gasteiger partial charge >= 0.3 is 5.97 Å². The van der Waals surface area contributed by atoms with Gasteiger partial charge in [-0.2, -0.15) is 0 Å². The van der Waals surface area contributed by atoms with E-state index in [4.69, 9.17) is 0 Å². The Balaban J connectivity index is 1.88. The first kappa shape index (κ1) is 17.2. The van der Waals surface area contributed by atoms with Crippen LogP contribution < -0.4 is 5.32 Å². The summed E-state index contributed by atoms with van der Waals surface area (Å²) in [4.78, 5) is 31.8. The lowest BCUT2D eigenvalue weighted by molar-refractivity contribution is 0.0593. The molecule has 3 rings (SSSR count).